The SMILES string of the molecule is CCCC(COc1c(Br)cc(Br)cc1Br)NCC. The van der Waals surface area contributed by atoms with Crippen LogP contribution in [0.5, 0.6) is 5.75 Å². The fourth-order valence-corrected chi connectivity index (χ4v) is 4.22. The van der Waals surface area contributed by atoms with Gasteiger partial charge in [0.2, 0.25) is 0 Å². The van der Waals surface area contributed by atoms with E-state index in [0.29, 0.717) is 12.6 Å². The standard InChI is InChI=1S/C13H18Br3NO/c1-3-5-10(17-4-2)8-18-13-11(15)6-9(14)7-12(13)16/h6-7,10,17H,3-5,8H2,1-2H3. The van der Waals surface area contributed by atoms with E-state index in [9.17, 15) is 0 Å². The number of hydrogen-bond acceptors (Lipinski definition) is 2. The number of rotatable bonds is 7. The summed E-state index contributed by atoms with van der Waals surface area (Å²) < 4.78 is 8.84. The van der Waals surface area contributed by atoms with Crippen LogP contribution in [0.4, 0.5) is 0 Å². The van der Waals surface area contributed by atoms with E-state index in [2.05, 4.69) is 67.0 Å². The van der Waals surface area contributed by atoms with Crippen molar-refractivity contribution in [3.8, 4) is 5.75 Å². The van der Waals surface area contributed by atoms with Crippen molar-refractivity contribution in [3.63, 3.8) is 0 Å². The van der Waals surface area contributed by atoms with Crippen LogP contribution in [-0.4, -0.2) is 19.2 Å². The molecule has 1 aromatic rings. The molecule has 0 saturated heterocycles. The third-order valence-corrected chi connectivity index (χ3v) is 4.16. The van der Waals surface area contributed by atoms with Crippen LogP contribution in [0.15, 0.2) is 25.6 Å². The molecule has 102 valence electrons. The molecule has 0 radical (unpaired) electrons. The van der Waals surface area contributed by atoms with E-state index in [4.69, 9.17) is 4.74 Å². The molecule has 0 aromatic heterocycles. The van der Waals surface area contributed by atoms with Gasteiger partial charge in [-0.25, -0.2) is 0 Å². The van der Waals surface area contributed by atoms with Crippen molar-refractivity contribution < 1.29 is 4.74 Å². The van der Waals surface area contributed by atoms with Crippen LogP contribution in [0, 0.1) is 0 Å². The van der Waals surface area contributed by atoms with Crippen LogP contribution in [0.3, 0.4) is 0 Å². The second-order valence-corrected chi connectivity index (χ2v) is 6.68. The summed E-state index contributed by atoms with van der Waals surface area (Å²) in [7, 11) is 0. The monoisotopic (exact) mass is 441 g/mol. The molecule has 1 N–H and O–H groups in total. The molecule has 1 atom stereocenters. The van der Waals surface area contributed by atoms with Gasteiger partial charge in [-0.1, -0.05) is 36.2 Å². The van der Waals surface area contributed by atoms with Crippen molar-refractivity contribution >= 4 is 47.8 Å². The first-order valence-corrected chi connectivity index (χ1v) is 8.47. The zero-order chi connectivity index (χ0) is 13.5. The largest absolute Gasteiger partial charge is 0.490 e. The molecular formula is C13H18Br3NO. The first-order valence-electron chi connectivity index (χ1n) is 6.09. The lowest BCUT2D eigenvalue weighted by molar-refractivity contribution is 0.255. The molecule has 0 aliphatic carbocycles. The summed E-state index contributed by atoms with van der Waals surface area (Å²) in [4.78, 5) is 0. The van der Waals surface area contributed by atoms with Crippen molar-refractivity contribution in [2.45, 2.75) is 32.7 Å². The molecule has 18 heavy (non-hydrogen) atoms. The van der Waals surface area contributed by atoms with Gasteiger partial charge >= 0.3 is 0 Å². The Morgan fingerprint density at radius 2 is 1.78 bits per heavy atom. The minimum absolute atomic E-state index is 0.405. The highest BCUT2D eigenvalue weighted by Gasteiger charge is 2.12. The van der Waals surface area contributed by atoms with Crippen molar-refractivity contribution in [2.24, 2.45) is 0 Å². The Bertz CT molecular complexity index is 355. The molecule has 0 spiro atoms. The molecule has 1 unspecified atom stereocenters. The van der Waals surface area contributed by atoms with E-state index in [1.165, 1.54) is 0 Å². The van der Waals surface area contributed by atoms with Gasteiger partial charge in [0.1, 0.15) is 12.4 Å². The molecule has 0 fully saturated rings. The number of ether oxygens (including phenoxy) is 1. The van der Waals surface area contributed by atoms with Gasteiger partial charge in [0.15, 0.2) is 0 Å². The number of hydrogen-bond donors (Lipinski definition) is 1. The minimum Gasteiger partial charge on any atom is -0.490 e. The normalized spacial score (nSPS) is 12.5. The zero-order valence-electron chi connectivity index (χ0n) is 10.6. The highest BCUT2D eigenvalue weighted by Crippen LogP contribution is 2.36. The van der Waals surface area contributed by atoms with E-state index in [1.807, 2.05) is 12.1 Å². The summed E-state index contributed by atoms with van der Waals surface area (Å²) in [6, 6.07) is 4.38. The fraction of sp³-hybridized carbons (Fsp3) is 0.538. The summed E-state index contributed by atoms with van der Waals surface area (Å²) >= 11 is 10.5. The Morgan fingerprint density at radius 3 is 2.28 bits per heavy atom. The van der Waals surface area contributed by atoms with E-state index < -0.39 is 0 Å². The van der Waals surface area contributed by atoms with Gasteiger partial charge in [-0.15, -0.1) is 0 Å². The van der Waals surface area contributed by atoms with Gasteiger partial charge in [0.05, 0.1) is 8.95 Å². The van der Waals surface area contributed by atoms with Gasteiger partial charge in [-0.2, -0.15) is 0 Å². The first-order chi connectivity index (χ1) is 8.58. The summed E-state index contributed by atoms with van der Waals surface area (Å²) in [6.07, 6.45) is 2.28. The lowest BCUT2D eigenvalue weighted by atomic mass is 10.2. The Morgan fingerprint density at radius 1 is 1.17 bits per heavy atom. The van der Waals surface area contributed by atoms with E-state index in [-0.39, 0.29) is 0 Å². The average Bonchev–Trinajstić information content (AvgIpc) is 2.28. The van der Waals surface area contributed by atoms with Gasteiger partial charge in [0.25, 0.3) is 0 Å². The molecular weight excluding hydrogens is 426 g/mol. The summed E-state index contributed by atoms with van der Waals surface area (Å²) in [6.45, 7) is 5.96. The van der Waals surface area contributed by atoms with Crippen molar-refractivity contribution in [3.05, 3.63) is 25.6 Å². The van der Waals surface area contributed by atoms with Gasteiger partial charge in [-0.3, -0.25) is 0 Å². The third kappa shape index (κ3) is 5.19. The molecule has 0 bridgehead atoms. The second kappa shape index (κ2) is 8.56. The number of benzene rings is 1. The van der Waals surface area contributed by atoms with Crippen LogP contribution in [0.25, 0.3) is 0 Å². The van der Waals surface area contributed by atoms with Crippen molar-refractivity contribution in [1.29, 1.82) is 0 Å². The molecule has 5 heteroatoms. The molecule has 2 nitrogen and oxygen atoms in total. The minimum atomic E-state index is 0.405. The number of nitrogens with one attached hydrogen (secondary N) is 1. The first kappa shape index (κ1) is 16.5. The van der Waals surface area contributed by atoms with Crippen molar-refractivity contribution in [2.75, 3.05) is 13.2 Å². The van der Waals surface area contributed by atoms with E-state index in [1.54, 1.807) is 0 Å². The van der Waals surface area contributed by atoms with Crippen LogP contribution in [-0.2, 0) is 0 Å². The lowest BCUT2D eigenvalue weighted by Crippen LogP contribution is -2.34. The molecule has 0 aliphatic rings. The van der Waals surface area contributed by atoms with Crippen LogP contribution in [0.1, 0.15) is 26.7 Å². The van der Waals surface area contributed by atoms with E-state index in [0.717, 1.165) is 38.6 Å². The fourth-order valence-electron chi connectivity index (χ4n) is 1.73. The van der Waals surface area contributed by atoms with Crippen molar-refractivity contribution in [1.82, 2.24) is 5.32 Å². The van der Waals surface area contributed by atoms with E-state index >= 15 is 0 Å². The smallest absolute Gasteiger partial charge is 0.147 e. The number of halogens is 3. The highest BCUT2D eigenvalue weighted by molar-refractivity contribution is 9.11. The molecule has 1 rings (SSSR count). The van der Waals surface area contributed by atoms with Crippen LogP contribution >= 0.6 is 47.8 Å². The molecule has 0 saturated carbocycles. The third-order valence-electron chi connectivity index (χ3n) is 2.52. The molecule has 0 amide bonds. The molecule has 0 heterocycles. The Hall–Kier alpha value is 0.420. The quantitative estimate of drug-likeness (QED) is 0.630. The maximum atomic E-state index is 5.91. The maximum absolute atomic E-state index is 5.91. The predicted molar refractivity (Wildman–Crippen MR) is 87.4 cm³/mol. The van der Waals surface area contributed by atoms with Gasteiger partial charge in [-0.05, 0) is 57.0 Å². The summed E-state index contributed by atoms with van der Waals surface area (Å²) in [5, 5.41) is 3.44. The Balaban J connectivity index is 2.66. The number of likely N-dealkylation sites (N-methyl/N-ethyl adjacent to an activating group) is 1. The van der Waals surface area contributed by atoms with Gasteiger partial charge < -0.3 is 10.1 Å². The second-order valence-electron chi connectivity index (χ2n) is 4.05. The molecule has 1 aromatic carbocycles. The average molecular weight is 444 g/mol. The zero-order valence-corrected chi connectivity index (χ0v) is 15.4. The molecule has 0 aliphatic heterocycles. The highest BCUT2D eigenvalue weighted by atomic mass is 79.9. The van der Waals surface area contributed by atoms with Gasteiger partial charge in [0, 0.05) is 10.5 Å². The summed E-state index contributed by atoms with van der Waals surface area (Å²) in [5.74, 6) is 0.859. The topological polar surface area (TPSA) is 21.3 Å². The predicted octanol–water partition coefficient (Wildman–Crippen LogP) is 5.13. The lowest BCUT2D eigenvalue weighted by Gasteiger charge is -2.19. The van der Waals surface area contributed by atoms with Crippen LogP contribution < -0.4 is 10.1 Å². The maximum Gasteiger partial charge on any atom is 0.147 e. The van der Waals surface area contributed by atoms with Crippen LogP contribution in [0.2, 0.25) is 0 Å². The Kier molecular flexibility index (Phi) is 7.84. The summed E-state index contributed by atoms with van der Waals surface area (Å²) in [5.41, 5.74) is 0. The Labute approximate surface area is 134 Å².